The summed E-state index contributed by atoms with van der Waals surface area (Å²) in [5.74, 6) is 0.660. The Labute approximate surface area is 106 Å². The summed E-state index contributed by atoms with van der Waals surface area (Å²) in [5.41, 5.74) is 0.0428. The normalized spacial score (nSPS) is 25.3. The van der Waals surface area contributed by atoms with Crippen LogP contribution in [0.3, 0.4) is 0 Å². The summed E-state index contributed by atoms with van der Waals surface area (Å²) in [6, 6.07) is 3.36. The molecule has 18 heavy (non-hydrogen) atoms. The van der Waals surface area contributed by atoms with Gasteiger partial charge in [0, 0.05) is 24.6 Å². The molecule has 1 aliphatic carbocycles. The first kappa shape index (κ1) is 12.8. The van der Waals surface area contributed by atoms with Gasteiger partial charge in [0.1, 0.15) is 12.0 Å². The molecule has 1 aromatic rings. The highest BCUT2D eigenvalue weighted by Gasteiger charge is 2.48. The van der Waals surface area contributed by atoms with Crippen LogP contribution in [0.2, 0.25) is 0 Å². The van der Waals surface area contributed by atoms with Crippen molar-refractivity contribution in [1.82, 2.24) is 4.98 Å². The maximum atomic E-state index is 10.5. The SMILES string of the molecule is COC1CC(Nc2ccc([N+](=O)[O-])cn2)C1(C)C. The Kier molecular flexibility index (Phi) is 3.21. The predicted molar refractivity (Wildman–Crippen MR) is 67.5 cm³/mol. The number of nitro groups is 1. The topological polar surface area (TPSA) is 77.3 Å². The van der Waals surface area contributed by atoms with Gasteiger partial charge in [-0.2, -0.15) is 0 Å². The van der Waals surface area contributed by atoms with E-state index in [1.54, 1.807) is 13.2 Å². The fourth-order valence-corrected chi connectivity index (χ4v) is 2.29. The van der Waals surface area contributed by atoms with Gasteiger partial charge in [-0.1, -0.05) is 13.8 Å². The summed E-state index contributed by atoms with van der Waals surface area (Å²) >= 11 is 0. The molecule has 0 spiro atoms. The van der Waals surface area contributed by atoms with Gasteiger partial charge in [-0.05, 0) is 12.5 Å². The van der Waals surface area contributed by atoms with Crippen LogP contribution in [0.15, 0.2) is 18.3 Å². The van der Waals surface area contributed by atoms with E-state index in [9.17, 15) is 10.1 Å². The maximum Gasteiger partial charge on any atom is 0.287 e. The van der Waals surface area contributed by atoms with Gasteiger partial charge >= 0.3 is 0 Å². The summed E-state index contributed by atoms with van der Waals surface area (Å²) in [6.45, 7) is 4.27. The average molecular weight is 251 g/mol. The fourth-order valence-electron chi connectivity index (χ4n) is 2.29. The third kappa shape index (κ3) is 2.15. The molecule has 2 unspecified atom stereocenters. The van der Waals surface area contributed by atoms with Gasteiger partial charge < -0.3 is 10.1 Å². The molecule has 1 aromatic heterocycles. The second-order valence-electron chi connectivity index (χ2n) is 5.14. The lowest BCUT2D eigenvalue weighted by molar-refractivity contribution is -0.385. The van der Waals surface area contributed by atoms with E-state index in [0.717, 1.165) is 6.42 Å². The molecule has 1 fully saturated rings. The molecule has 6 heteroatoms. The molecule has 1 heterocycles. The molecule has 0 amide bonds. The van der Waals surface area contributed by atoms with Crippen LogP contribution in [-0.2, 0) is 4.74 Å². The van der Waals surface area contributed by atoms with Crippen LogP contribution in [-0.4, -0.2) is 29.2 Å². The fraction of sp³-hybridized carbons (Fsp3) is 0.583. The predicted octanol–water partition coefficient (Wildman–Crippen LogP) is 2.22. The number of hydrogen-bond donors (Lipinski definition) is 1. The van der Waals surface area contributed by atoms with E-state index in [-0.39, 0.29) is 23.2 Å². The highest BCUT2D eigenvalue weighted by Crippen LogP contribution is 2.43. The molecule has 1 N–H and O–H groups in total. The van der Waals surface area contributed by atoms with Gasteiger partial charge in [0.15, 0.2) is 0 Å². The van der Waals surface area contributed by atoms with Crippen LogP contribution in [0.25, 0.3) is 0 Å². The Bertz CT molecular complexity index is 444. The third-order valence-corrected chi connectivity index (χ3v) is 3.74. The van der Waals surface area contributed by atoms with E-state index in [1.807, 2.05) is 0 Å². The van der Waals surface area contributed by atoms with E-state index < -0.39 is 4.92 Å². The number of anilines is 1. The summed E-state index contributed by atoms with van der Waals surface area (Å²) < 4.78 is 5.37. The Balaban J connectivity index is 2.01. The number of pyridine rings is 1. The molecule has 0 bridgehead atoms. The molecule has 2 rings (SSSR count). The van der Waals surface area contributed by atoms with Gasteiger partial charge in [-0.25, -0.2) is 4.98 Å². The van der Waals surface area contributed by atoms with Crippen molar-refractivity contribution in [1.29, 1.82) is 0 Å². The zero-order valence-corrected chi connectivity index (χ0v) is 10.7. The largest absolute Gasteiger partial charge is 0.381 e. The van der Waals surface area contributed by atoms with Crippen LogP contribution < -0.4 is 5.32 Å². The van der Waals surface area contributed by atoms with Crippen molar-refractivity contribution in [2.75, 3.05) is 12.4 Å². The Morgan fingerprint density at radius 1 is 1.56 bits per heavy atom. The zero-order valence-electron chi connectivity index (χ0n) is 10.7. The first-order valence-electron chi connectivity index (χ1n) is 5.85. The summed E-state index contributed by atoms with van der Waals surface area (Å²) in [4.78, 5) is 14.1. The van der Waals surface area contributed by atoms with Crippen LogP contribution in [0.1, 0.15) is 20.3 Å². The highest BCUT2D eigenvalue weighted by molar-refractivity contribution is 5.42. The summed E-state index contributed by atoms with van der Waals surface area (Å²) in [5, 5.41) is 13.8. The number of hydrogen-bond acceptors (Lipinski definition) is 5. The van der Waals surface area contributed by atoms with E-state index in [0.29, 0.717) is 5.82 Å². The minimum atomic E-state index is -0.453. The Morgan fingerprint density at radius 2 is 2.28 bits per heavy atom. The molecule has 6 nitrogen and oxygen atoms in total. The van der Waals surface area contributed by atoms with E-state index in [1.165, 1.54) is 12.3 Å². The van der Waals surface area contributed by atoms with Crippen molar-refractivity contribution < 1.29 is 9.66 Å². The minimum absolute atomic E-state index is 0.00295. The van der Waals surface area contributed by atoms with Crippen LogP contribution in [0.4, 0.5) is 11.5 Å². The molecule has 0 saturated heterocycles. The standard InChI is InChI=1S/C12H17N3O3/c1-12(2)9(6-10(12)18-3)14-11-5-4-8(7-13-11)15(16)17/h4-5,7,9-10H,6H2,1-3H3,(H,13,14). The lowest BCUT2D eigenvalue weighted by Gasteiger charge is -2.51. The van der Waals surface area contributed by atoms with E-state index >= 15 is 0 Å². The molecule has 1 aliphatic rings. The highest BCUT2D eigenvalue weighted by atomic mass is 16.6. The van der Waals surface area contributed by atoms with Crippen molar-refractivity contribution in [3.05, 3.63) is 28.4 Å². The minimum Gasteiger partial charge on any atom is -0.381 e. The molecule has 0 aromatic carbocycles. The number of methoxy groups -OCH3 is 1. The van der Waals surface area contributed by atoms with E-state index in [4.69, 9.17) is 4.74 Å². The van der Waals surface area contributed by atoms with Crippen molar-refractivity contribution >= 4 is 11.5 Å². The Hall–Kier alpha value is -1.69. The lowest BCUT2D eigenvalue weighted by Crippen LogP contribution is -2.57. The van der Waals surface area contributed by atoms with Gasteiger partial charge in [0.2, 0.25) is 0 Å². The van der Waals surface area contributed by atoms with Crippen molar-refractivity contribution in [2.45, 2.75) is 32.4 Å². The number of rotatable bonds is 4. The molecule has 0 aliphatic heterocycles. The summed E-state index contributed by atoms with van der Waals surface area (Å²) in [7, 11) is 1.72. The first-order valence-corrected chi connectivity index (χ1v) is 5.85. The van der Waals surface area contributed by atoms with Crippen molar-refractivity contribution in [3.8, 4) is 0 Å². The lowest BCUT2D eigenvalue weighted by atomic mass is 9.64. The smallest absolute Gasteiger partial charge is 0.287 e. The maximum absolute atomic E-state index is 10.5. The number of ether oxygens (including phenoxy) is 1. The monoisotopic (exact) mass is 251 g/mol. The third-order valence-electron chi connectivity index (χ3n) is 3.74. The van der Waals surface area contributed by atoms with Crippen LogP contribution in [0.5, 0.6) is 0 Å². The van der Waals surface area contributed by atoms with E-state index in [2.05, 4.69) is 24.1 Å². The van der Waals surface area contributed by atoms with Gasteiger partial charge in [0.25, 0.3) is 5.69 Å². The first-order chi connectivity index (χ1) is 8.45. The number of aromatic nitrogens is 1. The molecular formula is C12H17N3O3. The zero-order chi connectivity index (χ0) is 13.3. The molecule has 2 atom stereocenters. The average Bonchev–Trinajstić information content (AvgIpc) is 2.34. The van der Waals surface area contributed by atoms with Gasteiger partial charge in [0.05, 0.1) is 11.0 Å². The van der Waals surface area contributed by atoms with Crippen LogP contribution in [0, 0.1) is 15.5 Å². The summed E-state index contributed by atoms with van der Waals surface area (Å²) in [6.07, 6.45) is 2.43. The second-order valence-corrected chi connectivity index (χ2v) is 5.14. The number of nitrogens with zero attached hydrogens (tertiary/aromatic N) is 2. The van der Waals surface area contributed by atoms with Gasteiger partial charge in [-0.15, -0.1) is 0 Å². The van der Waals surface area contributed by atoms with Crippen LogP contribution >= 0.6 is 0 Å². The quantitative estimate of drug-likeness (QED) is 0.655. The molecular weight excluding hydrogens is 234 g/mol. The molecule has 0 radical (unpaired) electrons. The van der Waals surface area contributed by atoms with Crippen molar-refractivity contribution in [2.24, 2.45) is 5.41 Å². The van der Waals surface area contributed by atoms with Crippen molar-refractivity contribution in [3.63, 3.8) is 0 Å². The molecule has 1 saturated carbocycles. The number of nitrogens with one attached hydrogen (secondary N) is 1. The molecule has 98 valence electrons. The van der Waals surface area contributed by atoms with Gasteiger partial charge in [-0.3, -0.25) is 10.1 Å². The second kappa shape index (κ2) is 4.53. The Morgan fingerprint density at radius 3 is 2.72 bits per heavy atom.